The van der Waals surface area contributed by atoms with Crippen LogP contribution in [-0.4, -0.2) is 31.1 Å². The molecule has 0 saturated carbocycles. The van der Waals surface area contributed by atoms with Crippen molar-refractivity contribution in [3.8, 4) is 5.75 Å². The van der Waals surface area contributed by atoms with Crippen LogP contribution < -0.4 is 4.74 Å². The lowest BCUT2D eigenvalue weighted by Gasteiger charge is -2.23. The lowest BCUT2D eigenvalue weighted by molar-refractivity contribution is 0.240. The Balaban J connectivity index is 1.70. The molecule has 0 radical (unpaired) electrons. The number of hydrogen-bond acceptors (Lipinski definition) is 2. The zero-order chi connectivity index (χ0) is 15.8. The Kier molecular flexibility index (Phi) is 6.75. The Morgan fingerprint density at radius 2 is 1.64 bits per heavy atom. The van der Waals surface area contributed by atoms with Crippen LogP contribution in [0.5, 0.6) is 5.75 Å². The first-order valence-corrected chi connectivity index (χ1v) is 9.07. The van der Waals surface area contributed by atoms with Crippen molar-refractivity contribution in [3.63, 3.8) is 0 Å². The standard InChI is InChI=1S/C20H33NO/c1-4-20(2,3)18-10-12-19(13-11-18)22-17-9-16-21-14-7-5-6-8-15-21/h10-13H,4-9,14-17H2,1-3H3. The van der Waals surface area contributed by atoms with Crippen LogP contribution in [0.25, 0.3) is 0 Å². The molecule has 1 aliphatic rings. The molecule has 1 aromatic rings. The molecule has 124 valence electrons. The van der Waals surface area contributed by atoms with E-state index in [1.807, 2.05) is 0 Å². The van der Waals surface area contributed by atoms with Crippen LogP contribution >= 0.6 is 0 Å². The average molecular weight is 303 g/mol. The summed E-state index contributed by atoms with van der Waals surface area (Å²) in [5.41, 5.74) is 1.65. The largest absolute Gasteiger partial charge is 0.494 e. The van der Waals surface area contributed by atoms with Gasteiger partial charge >= 0.3 is 0 Å². The number of rotatable bonds is 7. The van der Waals surface area contributed by atoms with E-state index in [0.717, 1.165) is 25.2 Å². The minimum atomic E-state index is 0.255. The van der Waals surface area contributed by atoms with E-state index in [4.69, 9.17) is 4.74 Å². The average Bonchev–Trinajstić information content (AvgIpc) is 2.81. The van der Waals surface area contributed by atoms with Crippen molar-refractivity contribution in [2.24, 2.45) is 0 Å². The molecule has 22 heavy (non-hydrogen) atoms. The van der Waals surface area contributed by atoms with Gasteiger partial charge in [-0.15, -0.1) is 0 Å². The molecule has 1 saturated heterocycles. The van der Waals surface area contributed by atoms with Crippen molar-refractivity contribution in [3.05, 3.63) is 29.8 Å². The summed E-state index contributed by atoms with van der Waals surface area (Å²) in [4.78, 5) is 2.60. The van der Waals surface area contributed by atoms with Crippen molar-refractivity contribution in [2.75, 3.05) is 26.2 Å². The SMILES string of the molecule is CCC(C)(C)c1ccc(OCCCN2CCCCCC2)cc1. The van der Waals surface area contributed by atoms with Crippen molar-refractivity contribution >= 4 is 0 Å². The van der Waals surface area contributed by atoms with Crippen LogP contribution in [0.15, 0.2) is 24.3 Å². The van der Waals surface area contributed by atoms with Crippen molar-refractivity contribution < 1.29 is 4.74 Å². The molecule has 1 fully saturated rings. The Morgan fingerprint density at radius 1 is 1.00 bits per heavy atom. The second kappa shape index (κ2) is 8.57. The molecule has 0 unspecified atom stereocenters. The predicted octanol–water partition coefficient (Wildman–Crippen LogP) is 5.02. The van der Waals surface area contributed by atoms with E-state index in [-0.39, 0.29) is 5.41 Å². The molecule has 0 spiro atoms. The first-order chi connectivity index (χ1) is 10.6. The summed E-state index contributed by atoms with van der Waals surface area (Å²) in [5, 5.41) is 0. The van der Waals surface area contributed by atoms with Crippen LogP contribution in [0.1, 0.15) is 64.9 Å². The van der Waals surface area contributed by atoms with E-state index in [0.29, 0.717) is 0 Å². The number of hydrogen-bond donors (Lipinski definition) is 0. The topological polar surface area (TPSA) is 12.5 Å². The monoisotopic (exact) mass is 303 g/mol. The highest BCUT2D eigenvalue weighted by Crippen LogP contribution is 2.28. The number of likely N-dealkylation sites (tertiary alicyclic amines) is 1. The van der Waals surface area contributed by atoms with Crippen LogP contribution in [0.4, 0.5) is 0 Å². The Bertz CT molecular complexity index is 416. The summed E-state index contributed by atoms with van der Waals surface area (Å²) in [6, 6.07) is 8.68. The fourth-order valence-corrected chi connectivity index (χ4v) is 3.04. The summed E-state index contributed by atoms with van der Waals surface area (Å²) in [6.45, 7) is 11.4. The Morgan fingerprint density at radius 3 is 2.23 bits per heavy atom. The smallest absolute Gasteiger partial charge is 0.119 e. The van der Waals surface area contributed by atoms with Crippen LogP contribution in [0.2, 0.25) is 0 Å². The third-order valence-corrected chi connectivity index (χ3v) is 5.11. The Hall–Kier alpha value is -1.02. The van der Waals surface area contributed by atoms with E-state index in [9.17, 15) is 0 Å². The van der Waals surface area contributed by atoms with Crippen LogP contribution in [0.3, 0.4) is 0 Å². The summed E-state index contributed by atoms with van der Waals surface area (Å²) in [6.07, 6.45) is 7.84. The number of nitrogens with zero attached hydrogens (tertiary/aromatic N) is 1. The molecule has 0 atom stereocenters. The minimum absolute atomic E-state index is 0.255. The highest BCUT2D eigenvalue weighted by molar-refractivity contribution is 5.31. The molecule has 0 aliphatic carbocycles. The van der Waals surface area contributed by atoms with Gasteiger partial charge in [0, 0.05) is 6.54 Å². The molecule has 0 N–H and O–H groups in total. The molecule has 2 heteroatoms. The first kappa shape index (κ1) is 17.3. The minimum Gasteiger partial charge on any atom is -0.494 e. The number of benzene rings is 1. The van der Waals surface area contributed by atoms with Crippen molar-refractivity contribution in [1.29, 1.82) is 0 Å². The normalized spacial score (nSPS) is 17.2. The van der Waals surface area contributed by atoms with Gasteiger partial charge in [-0.2, -0.15) is 0 Å². The van der Waals surface area contributed by atoms with Crippen molar-refractivity contribution in [1.82, 2.24) is 4.90 Å². The van der Waals surface area contributed by atoms with Gasteiger partial charge in [-0.05, 0) is 61.9 Å². The summed E-state index contributed by atoms with van der Waals surface area (Å²) < 4.78 is 5.90. The second-order valence-electron chi connectivity index (χ2n) is 7.22. The van der Waals surface area contributed by atoms with Gasteiger partial charge in [-0.1, -0.05) is 45.7 Å². The highest BCUT2D eigenvalue weighted by atomic mass is 16.5. The van der Waals surface area contributed by atoms with E-state index >= 15 is 0 Å². The van der Waals surface area contributed by atoms with Gasteiger partial charge in [-0.25, -0.2) is 0 Å². The van der Waals surface area contributed by atoms with Gasteiger partial charge in [0.1, 0.15) is 5.75 Å². The summed E-state index contributed by atoms with van der Waals surface area (Å²) in [5.74, 6) is 1.01. The maximum Gasteiger partial charge on any atom is 0.119 e. The number of ether oxygens (including phenoxy) is 1. The lowest BCUT2D eigenvalue weighted by atomic mass is 9.82. The van der Waals surface area contributed by atoms with E-state index in [1.54, 1.807) is 0 Å². The molecule has 0 amide bonds. The van der Waals surface area contributed by atoms with Gasteiger partial charge < -0.3 is 9.64 Å². The maximum atomic E-state index is 5.90. The molecule has 0 aromatic heterocycles. The molecule has 1 aliphatic heterocycles. The first-order valence-electron chi connectivity index (χ1n) is 9.07. The van der Waals surface area contributed by atoms with Gasteiger partial charge in [0.15, 0.2) is 0 Å². The van der Waals surface area contributed by atoms with E-state index in [2.05, 4.69) is 49.9 Å². The van der Waals surface area contributed by atoms with Gasteiger partial charge in [0.2, 0.25) is 0 Å². The molecule has 1 aromatic carbocycles. The van der Waals surface area contributed by atoms with Crippen LogP contribution in [-0.2, 0) is 5.41 Å². The highest BCUT2D eigenvalue weighted by Gasteiger charge is 2.17. The fraction of sp³-hybridized carbons (Fsp3) is 0.700. The van der Waals surface area contributed by atoms with Gasteiger partial charge in [0.25, 0.3) is 0 Å². The Labute approximate surface area is 136 Å². The van der Waals surface area contributed by atoms with E-state index in [1.165, 1.54) is 50.9 Å². The molecular weight excluding hydrogens is 270 g/mol. The predicted molar refractivity (Wildman–Crippen MR) is 94.8 cm³/mol. The second-order valence-corrected chi connectivity index (χ2v) is 7.22. The zero-order valence-electron chi connectivity index (χ0n) is 14.7. The fourth-order valence-electron chi connectivity index (χ4n) is 3.04. The molecule has 0 bridgehead atoms. The molecular formula is C20H33NO. The van der Waals surface area contributed by atoms with Crippen LogP contribution in [0, 0.1) is 0 Å². The third-order valence-electron chi connectivity index (χ3n) is 5.11. The van der Waals surface area contributed by atoms with Gasteiger partial charge in [0.05, 0.1) is 6.61 Å². The molecule has 2 rings (SSSR count). The summed E-state index contributed by atoms with van der Waals surface area (Å²) >= 11 is 0. The molecule has 1 heterocycles. The summed E-state index contributed by atoms with van der Waals surface area (Å²) in [7, 11) is 0. The van der Waals surface area contributed by atoms with E-state index < -0.39 is 0 Å². The van der Waals surface area contributed by atoms with Gasteiger partial charge in [-0.3, -0.25) is 0 Å². The zero-order valence-corrected chi connectivity index (χ0v) is 14.7. The lowest BCUT2D eigenvalue weighted by Crippen LogP contribution is -2.26. The molecule has 2 nitrogen and oxygen atoms in total. The maximum absolute atomic E-state index is 5.90. The third kappa shape index (κ3) is 5.31. The quantitative estimate of drug-likeness (QED) is 0.656. The van der Waals surface area contributed by atoms with Crippen molar-refractivity contribution in [2.45, 2.75) is 64.7 Å².